The van der Waals surface area contributed by atoms with Crippen LogP contribution in [0.3, 0.4) is 0 Å². The van der Waals surface area contributed by atoms with Crippen LogP contribution in [0.4, 0.5) is 0 Å². The maximum absolute atomic E-state index is 13.1. The second-order valence-electron chi connectivity index (χ2n) is 7.56. The van der Waals surface area contributed by atoms with Crippen LogP contribution >= 0.6 is 0 Å². The molecule has 0 radical (unpaired) electrons. The number of aryl methyl sites for hydroxylation is 1. The molecule has 1 aliphatic heterocycles. The molecule has 1 spiro atoms. The number of hydrogen-bond acceptors (Lipinski definition) is 5. The maximum atomic E-state index is 13.1. The molecule has 6 nitrogen and oxygen atoms in total. The average molecular weight is 371 g/mol. The van der Waals surface area contributed by atoms with Crippen LogP contribution in [0.25, 0.3) is 11.0 Å². The second-order valence-corrected chi connectivity index (χ2v) is 7.56. The van der Waals surface area contributed by atoms with E-state index in [9.17, 15) is 9.59 Å². The van der Waals surface area contributed by atoms with Crippen molar-refractivity contribution in [3.05, 3.63) is 29.0 Å². The highest BCUT2D eigenvalue weighted by atomic mass is 16.5. The van der Waals surface area contributed by atoms with Crippen LogP contribution in [-0.2, 0) is 4.74 Å². The Hall–Kier alpha value is -2.34. The first kappa shape index (κ1) is 18.0. The Morgan fingerprint density at radius 2 is 2.04 bits per heavy atom. The Balaban J connectivity index is 1.72. The number of ketones is 1. The standard InChI is InChI=1S/C21H25NO5/c1-13-17-15(26-19(13)20(24)22-10-11-25-2)6-7-16-18(17)14(23)12-21(27-16)8-4-3-5-9-21/h6-7H,3-5,8-12H2,1-2H3,(H,22,24). The van der Waals surface area contributed by atoms with E-state index in [4.69, 9.17) is 13.9 Å². The largest absolute Gasteiger partial charge is 0.486 e. The predicted molar refractivity (Wildman–Crippen MR) is 101 cm³/mol. The molecule has 1 N–H and O–H groups in total. The summed E-state index contributed by atoms with van der Waals surface area (Å²) in [5.74, 6) is 0.637. The predicted octanol–water partition coefficient (Wildman–Crippen LogP) is 3.79. The Morgan fingerprint density at radius 1 is 1.26 bits per heavy atom. The van der Waals surface area contributed by atoms with Gasteiger partial charge in [0.1, 0.15) is 16.9 Å². The number of amides is 1. The number of ether oxygens (including phenoxy) is 2. The molecule has 1 aromatic heterocycles. The summed E-state index contributed by atoms with van der Waals surface area (Å²) < 4.78 is 17.1. The molecule has 1 amide bonds. The number of Topliss-reactive ketones (excluding diaryl/α,β-unsaturated/α-hetero) is 1. The van der Waals surface area contributed by atoms with Crippen molar-refractivity contribution in [2.75, 3.05) is 20.3 Å². The molecule has 2 aliphatic rings. The highest BCUT2D eigenvalue weighted by Gasteiger charge is 2.42. The lowest BCUT2D eigenvalue weighted by atomic mass is 9.78. The molecule has 1 aliphatic carbocycles. The first-order valence-corrected chi connectivity index (χ1v) is 9.60. The first-order chi connectivity index (χ1) is 13.0. The van der Waals surface area contributed by atoms with Crippen LogP contribution in [0.15, 0.2) is 16.5 Å². The fourth-order valence-electron chi connectivity index (χ4n) is 4.37. The minimum absolute atomic E-state index is 0.0824. The van der Waals surface area contributed by atoms with Crippen LogP contribution < -0.4 is 10.1 Å². The van der Waals surface area contributed by atoms with E-state index in [0.29, 0.717) is 47.4 Å². The molecule has 1 fully saturated rings. The Morgan fingerprint density at radius 3 is 2.78 bits per heavy atom. The summed E-state index contributed by atoms with van der Waals surface area (Å²) in [6.45, 7) is 2.64. The lowest BCUT2D eigenvalue weighted by molar-refractivity contribution is 0.0139. The van der Waals surface area contributed by atoms with Crippen LogP contribution in [-0.4, -0.2) is 37.6 Å². The zero-order chi connectivity index (χ0) is 19.0. The summed E-state index contributed by atoms with van der Waals surface area (Å²) in [7, 11) is 1.58. The molecule has 4 rings (SSSR count). The SMILES string of the molecule is COCCNC(=O)c1oc2ccc3c(c2c1C)C(=O)CC1(CCCCC1)O3. The first-order valence-electron chi connectivity index (χ1n) is 9.60. The molecule has 2 aromatic rings. The van der Waals surface area contributed by atoms with Crippen molar-refractivity contribution in [3.8, 4) is 5.75 Å². The van der Waals surface area contributed by atoms with E-state index in [1.807, 2.05) is 6.92 Å². The van der Waals surface area contributed by atoms with Gasteiger partial charge < -0.3 is 19.2 Å². The summed E-state index contributed by atoms with van der Waals surface area (Å²) in [6.07, 6.45) is 5.65. The minimum Gasteiger partial charge on any atom is -0.486 e. The Kier molecular flexibility index (Phi) is 4.68. The van der Waals surface area contributed by atoms with Crippen molar-refractivity contribution >= 4 is 22.7 Å². The van der Waals surface area contributed by atoms with E-state index < -0.39 is 0 Å². The Bertz CT molecular complexity index is 892. The smallest absolute Gasteiger partial charge is 0.287 e. The number of furan rings is 1. The highest BCUT2D eigenvalue weighted by Crippen LogP contribution is 2.45. The van der Waals surface area contributed by atoms with Crippen molar-refractivity contribution in [2.24, 2.45) is 0 Å². The third-order valence-electron chi connectivity index (χ3n) is 5.71. The summed E-state index contributed by atoms with van der Waals surface area (Å²) >= 11 is 0. The van der Waals surface area contributed by atoms with Gasteiger partial charge in [0.15, 0.2) is 11.5 Å². The molecular weight excluding hydrogens is 346 g/mol. The molecule has 6 heteroatoms. The molecule has 1 saturated carbocycles. The summed E-state index contributed by atoms with van der Waals surface area (Å²) in [4.78, 5) is 25.5. The normalized spacial score (nSPS) is 18.4. The molecule has 0 bridgehead atoms. The van der Waals surface area contributed by atoms with Gasteiger partial charge in [-0.3, -0.25) is 9.59 Å². The van der Waals surface area contributed by atoms with Gasteiger partial charge in [0.25, 0.3) is 5.91 Å². The van der Waals surface area contributed by atoms with Crippen LogP contribution in [0.2, 0.25) is 0 Å². The minimum atomic E-state index is -0.353. The van der Waals surface area contributed by atoms with E-state index in [1.165, 1.54) is 6.42 Å². The highest BCUT2D eigenvalue weighted by molar-refractivity contribution is 6.13. The molecule has 0 atom stereocenters. The molecule has 0 unspecified atom stereocenters. The van der Waals surface area contributed by atoms with Gasteiger partial charge in [0.2, 0.25) is 0 Å². The van der Waals surface area contributed by atoms with Crippen molar-refractivity contribution < 1.29 is 23.5 Å². The molecule has 2 heterocycles. The molecule has 1 aromatic carbocycles. The maximum Gasteiger partial charge on any atom is 0.287 e. The number of nitrogens with one attached hydrogen (secondary N) is 1. The van der Waals surface area contributed by atoms with Crippen LogP contribution in [0.5, 0.6) is 5.75 Å². The third-order valence-corrected chi connectivity index (χ3v) is 5.71. The lowest BCUT2D eigenvalue weighted by Crippen LogP contribution is -2.43. The van der Waals surface area contributed by atoms with Crippen molar-refractivity contribution in [1.82, 2.24) is 5.32 Å². The van der Waals surface area contributed by atoms with Gasteiger partial charge in [-0.15, -0.1) is 0 Å². The van der Waals surface area contributed by atoms with E-state index in [0.717, 1.165) is 25.7 Å². The van der Waals surface area contributed by atoms with Gasteiger partial charge in [0.05, 0.1) is 18.6 Å². The van der Waals surface area contributed by atoms with Crippen LogP contribution in [0, 0.1) is 6.92 Å². The van der Waals surface area contributed by atoms with Gasteiger partial charge in [0, 0.05) is 24.6 Å². The molecule has 0 saturated heterocycles. The average Bonchev–Trinajstić information content (AvgIpc) is 2.99. The van der Waals surface area contributed by atoms with E-state index in [1.54, 1.807) is 19.2 Å². The monoisotopic (exact) mass is 371 g/mol. The molecule has 144 valence electrons. The zero-order valence-electron chi connectivity index (χ0n) is 15.9. The van der Waals surface area contributed by atoms with Gasteiger partial charge in [-0.25, -0.2) is 0 Å². The number of hydrogen-bond donors (Lipinski definition) is 1. The number of carbonyl (C=O) groups is 2. The second kappa shape index (κ2) is 7.00. The number of rotatable bonds is 4. The molecular formula is C21H25NO5. The Labute approximate surface area is 158 Å². The van der Waals surface area contributed by atoms with Gasteiger partial charge in [-0.1, -0.05) is 6.42 Å². The fourth-order valence-corrected chi connectivity index (χ4v) is 4.37. The van der Waals surface area contributed by atoms with E-state index >= 15 is 0 Å². The van der Waals surface area contributed by atoms with E-state index in [-0.39, 0.29) is 23.1 Å². The quantitative estimate of drug-likeness (QED) is 0.828. The van der Waals surface area contributed by atoms with Crippen LogP contribution in [0.1, 0.15) is 65.0 Å². The summed E-state index contributed by atoms with van der Waals surface area (Å²) in [5.41, 5.74) is 1.42. The summed E-state index contributed by atoms with van der Waals surface area (Å²) in [6, 6.07) is 3.60. The third kappa shape index (κ3) is 3.12. The lowest BCUT2D eigenvalue weighted by Gasteiger charge is -2.40. The van der Waals surface area contributed by atoms with Gasteiger partial charge in [-0.2, -0.15) is 0 Å². The number of carbonyl (C=O) groups excluding carboxylic acids is 2. The van der Waals surface area contributed by atoms with Gasteiger partial charge >= 0.3 is 0 Å². The van der Waals surface area contributed by atoms with Crippen molar-refractivity contribution in [2.45, 2.75) is 51.0 Å². The number of fused-ring (bicyclic) bond motifs is 3. The number of methoxy groups -OCH3 is 1. The van der Waals surface area contributed by atoms with E-state index in [2.05, 4.69) is 5.32 Å². The van der Waals surface area contributed by atoms with Crippen molar-refractivity contribution in [1.29, 1.82) is 0 Å². The zero-order valence-corrected chi connectivity index (χ0v) is 15.9. The molecule has 27 heavy (non-hydrogen) atoms. The topological polar surface area (TPSA) is 77.8 Å². The fraction of sp³-hybridized carbons (Fsp3) is 0.524. The summed E-state index contributed by atoms with van der Waals surface area (Å²) in [5, 5.41) is 3.46. The van der Waals surface area contributed by atoms with Crippen molar-refractivity contribution in [3.63, 3.8) is 0 Å². The van der Waals surface area contributed by atoms with Gasteiger partial charge in [-0.05, 0) is 44.7 Å². The number of benzene rings is 1.